The number of ether oxygens (including phenoxy) is 1. The average Bonchev–Trinajstić information content (AvgIpc) is 2.93. The molecule has 3 heterocycles. The number of fused-ring (bicyclic) bond motifs is 1. The van der Waals surface area contributed by atoms with Crippen LogP contribution in [0.1, 0.15) is 37.2 Å². The molecule has 2 aromatic heterocycles. The molecular formula is C28H25F7N6O. The van der Waals surface area contributed by atoms with E-state index in [0.717, 1.165) is 12.4 Å². The number of anilines is 1. The van der Waals surface area contributed by atoms with Crippen LogP contribution >= 0.6 is 0 Å². The molecule has 7 nitrogen and oxygen atoms in total. The zero-order valence-corrected chi connectivity index (χ0v) is 22.2. The van der Waals surface area contributed by atoms with Crippen LogP contribution in [0.4, 0.5) is 36.6 Å². The Morgan fingerprint density at radius 2 is 1.60 bits per heavy atom. The summed E-state index contributed by atoms with van der Waals surface area (Å²) in [7, 11) is 0. The first kappa shape index (κ1) is 29.4. The summed E-state index contributed by atoms with van der Waals surface area (Å²) < 4.78 is 97.1. The summed E-state index contributed by atoms with van der Waals surface area (Å²) in [5.41, 5.74) is 2.12. The van der Waals surface area contributed by atoms with Crippen LogP contribution in [0, 0.1) is 5.82 Å². The predicted octanol–water partition coefficient (Wildman–Crippen LogP) is 6.82. The number of piperidine rings is 1. The molecule has 0 aliphatic carbocycles. The Labute approximate surface area is 235 Å². The van der Waals surface area contributed by atoms with Gasteiger partial charge in [0.05, 0.1) is 12.6 Å². The molecule has 1 aliphatic rings. The summed E-state index contributed by atoms with van der Waals surface area (Å²) >= 11 is 0. The lowest BCUT2D eigenvalue weighted by Gasteiger charge is -2.32. The third-order valence-electron chi connectivity index (χ3n) is 6.89. The molecule has 2 aromatic carbocycles. The number of nitrogens with one attached hydrogen (secondary N) is 1. The summed E-state index contributed by atoms with van der Waals surface area (Å²) in [6.07, 6.45) is -5.09. The zero-order chi connectivity index (χ0) is 30.1. The molecule has 1 N–H and O–H groups in total. The Morgan fingerprint density at radius 3 is 2.21 bits per heavy atom. The summed E-state index contributed by atoms with van der Waals surface area (Å²) in [5, 5.41) is 3.68. The Morgan fingerprint density at radius 1 is 0.929 bits per heavy atom. The topological polar surface area (TPSA) is 76.1 Å². The minimum Gasteiger partial charge on any atom is -0.488 e. The molecule has 0 bridgehead atoms. The Kier molecular flexibility index (Phi) is 8.17. The van der Waals surface area contributed by atoms with E-state index in [0.29, 0.717) is 52.0 Å². The minimum absolute atomic E-state index is 0.217. The lowest BCUT2D eigenvalue weighted by Crippen LogP contribution is -2.42. The van der Waals surface area contributed by atoms with Crippen LogP contribution in [0.3, 0.4) is 0 Å². The Hall–Kier alpha value is -4.07. The summed E-state index contributed by atoms with van der Waals surface area (Å²) in [5.74, 6) is -0.945. The molecule has 0 spiro atoms. The van der Waals surface area contributed by atoms with Gasteiger partial charge in [-0.2, -0.15) is 26.3 Å². The van der Waals surface area contributed by atoms with Crippen molar-refractivity contribution in [3.05, 3.63) is 72.3 Å². The average molecular weight is 595 g/mol. The SMILES string of the molecule is C[C@@H](Nc1ncnc2c(OC3CCN(CC(F)(F)F)CC3)cc(-c3ccc(F)cc3)cc12)c1cnc(C(F)(F)F)nc1. The molecule has 0 radical (unpaired) electrons. The molecule has 5 rings (SSSR count). The number of alkyl halides is 6. The van der Waals surface area contributed by atoms with Crippen molar-refractivity contribution in [3.8, 4) is 16.9 Å². The number of benzene rings is 2. The first-order valence-electron chi connectivity index (χ1n) is 13.0. The molecule has 4 aromatic rings. The highest BCUT2D eigenvalue weighted by molar-refractivity contribution is 5.96. The second kappa shape index (κ2) is 11.7. The number of likely N-dealkylation sites (tertiary alicyclic amines) is 1. The molecule has 222 valence electrons. The Bertz CT molecular complexity index is 1520. The van der Waals surface area contributed by atoms with E-state index < -0.39 is 36.6 Å². The Balaban J connectivity index is 1.45. The monoisotopic (exact) mass is 594 g/mol. The third kappa shape index (κ3) is 7.04. The van der Waals surface area contributed by atoms with Crippen LogP contribution in [-0.4, -0.2) is 56.8 Å². The molecule has 1 atom stereocenters. The van der Waals surface area contributed by atoms with Crippen molar-refractivity contribution < 1.29 is 35.5 Å². The smallest absolute Gasteiger partial charge is 0.451 e. The fourth-order valence-electron chi connectivity index (χ4n) is 4.76. The quantitative estimate of drug-likeness (QED) is 0.235. The number of aromatic nitrogens is 4. The van der Waals surface area contributed by atoms with Crippen molar-refractivity contribution in [3.63, 3.8) is 0 Å². The van der Waals surface area contributed by atoms with Crippen LogP contribution in [0.2, 0.25) is 0 Å². The van der Waals surface area contributed by atoms with E-state index in [2.05, 4.69) is 25.3 Å². The second-order valence-corrected chi connectivity index (χ2v) is 10.0. The fourth-order valence-corrected chi connectivity index (χ4v) is 4.76. The lowest BCUT2D eigenvalue weighted by atomic mass is 10.0. The van der Waals surface area contributed by atoms with E-state index in [4.69, 9.17) is 4.74 Å². The third-order valence-corrected chi connectivity index (χ3v) is 6.89. The van der Waals surface area contributed by atoms with Gasteiger partial charge in [-0.3, -0.25) is 4.90 Å². The zero-order valence-electron chi connectivity index (χ0n) is 22.2. The number of hydrogen-bond acceptors (Lipinski definition) is 7. The van der Waals surface area contributed by atoms with Crippen LogP contribution in [-0.2, 0) is 6.18 Å². The van der Waals surface area contributed by atoms with E-state index in [1.54, 1.807) is 31.2 Å². The van der Waals surface area contributed by atoms with E-state index >= 15 is 0 Å². The summed E-state index contributed by atoms with van der Waals surface area (Å²) in [6, 6.07) is 8.76. The van der Waals surface area contributed by atoms with Crippen LogP contribution in [0.25, 0.3) is 22.0 Å². The maximum atomic E-state index is 13.6. The van der Waals surface area contributed by atoms with Crippen molar-refractivity contribution in [1.82, 2.24) is 24.8 Å². The van der Waals surface area contributed by atoms with Gasteiger partial charge in [-0.05, 0) is 55.2 Å². The maximum Gasteiger partial charge on any atom is 0.451 e. The molecule has 42 heavy (non-hydrogen) atoms. The van der Waals surface area contributed by atoms with Crippen molar-refractivity contribution in [2.75, 3.05) is 25.0 Å². The van der Waals surface area contributed by atoms with Gasteiger partial charge in [-0.25, -0.2) is 24.3 Å². The summed E-state index contributed by atoms with van der Waals surface area (Å²) in [6.45, 7) is 1.16. The molecule has 0 saturated carbocycles. The molecule has 0 unspecified atom stereocenters. The van der Waals surface area contributed by atoms with Gasteiger partial charge in [0, 0.05) is 36.4 Å². The lowest BCUT2D eigenvalue weighted by molar-refractivity contribution is -0.149. The van der Waals surface area contributed by atoms with Gasteiger partial charge in [0.15, 0.2) is 0 Å². The number of nitrogens with zero attached hydrogens (tertiary/aromatic N) is 5. The molecule has 1 fully saturated rings. The van der Waals surface area contributed by atoms with E-state index in [9.17, 15) is 30.7 Å². The van der Waals surface area contributed by atoms with Crippen LogP contribution in [0.5, 0.6) is 5.75 Å². The van der Waals surface area contributed by atoms with Crippen molar-refractivity contribution in [1.29, 1.82) is 0 Å². The van der Waals surface area contributed by atoms with Crippen LogP contribution < -0.4 is 10.1 Å². The first-order chi connectivity index (χ1) is 19.9. The fraction of sp³-hybridized carbons (Fsp3) is 0.357. The normalized spacial score (nSPS) is 16.0. The molecular weight excluding hydrogens is 569 g/mol. The minimum atomic E-state index is -4.67. The highest BCUT2D eigenvalue weighted by Crippen LogP contribution is 2.37. The van der Waals surface area contributed by atoms with E-state index in [1.807, 2.05) is 0 Å². The van der Waals surface area contributed by atoms with Gasteiger partial charge in [0.1, 0.15) is 35.3 Å². The van der Waals surface area contributed by atoms with Gasteiger partial charge >= 0.3 is 12.4 Å². The van der Waals surface area contributed by atoms with E-state index in [-0.39, 0.29) is 19.2 Å². The van der Waals surface area contributed by atoms with Crippen molar-refractivity contribution in [2.45, 2.75) is 44.3 Å². The standard InChI is InChI=1S/C28H25F7N6O/c1-16(19-12-36-26(37-13-19)28(33,34)35)40-25-22-10-18(17-2-4-20(29)5-3-17)11-23(24(22)38-15-39-25)42-21-6-8-41(9-7-21)14-27(30,31)32/h2-5,10-13,15-16,21H,6-9,14H2,1H3,(H,38,39,40)/t16-/m1/s1. The molecule has 1 saturated heterocycles. The summed E-state index contributed by atoms with van der Waals surface area (Å²) in [4.78, 5) is 16.9. The predicted molar refractivity (Wildman–Crippen MR) is 140 cm³/mol. The highest BCUT2D eigenvalue weighted by atomic mass is 19.4. The number of halogens is 7. The number of rotatable bonds is 7. The van der Waals surface area contributed by atoms with E-state index in [1.165, 1.54) is 23.4 Å². The van der Waals surface area contributed by atoms with Gasteiger partial charge in [-0.1, -0.05) is 12.1 Å². The number of hydrogen-bond donors (Lipinski definition) is 1. The van der Waals surface area contributed by atoms with Gasteiger partial charge in [0.25, 0.3) is 0 Å². The molecule has 1 aliphatic heterocycles. The van der Waals surface area contributed by atoms with Gasteiger partial charge in [-0.15, -0.1) is 0 Å². The molecule has 0 amide bonds. The second-order valence-electron chi connectivity index (χ2n) is 10.0. The van der Waals surface area contributed by atoms with Gasteiger partial charge in [0.2, 0.25) is 5.82 Å². The van der Waals surface area contributed by atoms with Crippen LogP contribution in [0.15, 0.2) is 55.1 Å². The maximum absolute atomic E-state index is 13.6. The first-order valence-corrected chi connectivity index (χ1v) is 13.0. The van der Waals surface area contributed by atoms with Crippen molar-refractivity contribution in [2.24, 2.45) is 0 Å². The van der Waals surface area contributed by atoms with Gasteiger partial charge < -0.3 is 10.1 Å². The van der Waals surface area contributed by atoms with Crippen molar-refractivity contribution >= 4 is 16.7 Å². The largest absolute Gasteiger partial charge is 0.488 e. The molecule has 14 heteroatoms. The highest BCUT2D eigenvalue weighted by Gasteiger charge is 2.35.